The number of aryl methyl sites for hydroxylation is 1. The molecule has 3 nitrogen and oxygen atoms in total. The largest absolute Gasteiger partial charge is 0.240 e. The molecule has 2 aromatic rings. The summed E-state index contributed by atoms with van der Waals surface area (Å²) in [4.78, 5) is -0.0946. The predicted octanol–water partition coefficient (Wildman–Crippen LogP) is 4.33. The summed E-state index contributed by atoms with van der Waals surface area (Å²) in [7, 11) is -4.04. The molecule has 9 heteroatoms. The predicted molar refractivity (Wildman–Crippen MR) is 90.2 cm³/mol. The molecule has 0 aromatic heterocycles. The molecule has 0 spiro atoms. The van der Waals surface area contributed by atoms with E-state index in [1.54, 1.807) is 19.1 Å². The van der Waals surface area contributed by atoms with Crippen LogP contribution in [0.15, 0.2) is 41.8 Å². The maximum absolute atomic E-state index is 14.0. The highest BCUT2D eigenvalue weighted by Crippen LogP contribution is 2.31. The molecule has 0 aliphatic heterocycles. The van der Waals surface area contributed by atoms with Crippen molar-refractivity contribution in [3.8, 4) is 0 Å². The van der Waals surface area contributed by atoms with Crippen LogP contribution in [-0.4, -0.2) is 15.0 Å². The molecule has 0 fully saturated rings. The number of sulfonamides is 1. The lowest BCUT2D eigenvalue weighted by Crippen LogP contribution is -2.29. The van der Waals surface area contributed by atoms with Gasteiger partial charge in [-0.1, -0.05) is 23.8 Å². The van der Waals surface area contributed by atoms with Crippen LogP contribution in [0, 0.1) is 36.0 Å². The molecule has 0 bridgehead atoms. The lowest BCUT2D eigenvalue weighted by atomic mass is 9.94. The van der Waals surface area contributed by atoms with Crippen LogP contribution in [0.5, 0.6) is 0 Å². The first-order valence-electron chi connectivity index (χ1n) is 7.78. The van der Waals surface area contributed by atoms with Crippen molar-refractivity contribution in [2.45, 2.75) is 24.2 Å². The molecule has 27 heavy (non-hydrogen) atoms. The van der Waals surface area contributed by atoms with Crippen molar-refractivity contribution >= 4 is 10.0 Å². The van der Waals surface area contributed by atoms with Crippen LogP contribution >= 0.6 is 0 Å². The van der Waals surface area contributed by atoms with Crippen LogP contribution < -0.4 is 4.72 Å². The van der Waals surface area contributed by atoms with Gasteiger partial charge >= 0.3 is 0 Å². The Kier molecular flexibility index (Phi) is 6.38. The summed E-state index contributed by atoms with van der Waals surface area (Å²) >= 11 is 0. The Bertz CT molecular complexity index is 930. The van der Waals surface area contributed by atoms with E-state index in [-0.39, 0.29) is 11.3 Å². The number of hydrogen-bond acceptors (Lipinski definition) is 2. The minimum atomic E-state index is -4.04. The normalized spacial score (nSPS) is 12.8. The second-order valence-corrected chi connectivity index (χ2v) is 7.64. The molecule has 0 saturated carbocycles. The van der Waals surface area contributed by atoms with Crippen molar-refractivity contribution in [3.63, 3.8) is 0 Å². The van der Waals surface area contributed by atoms with E-state index >= 15 is 0 Å². The lowest BCUT2D eigenvalue weighted by molar-refractivity contribution is 0.363. The highest BCUT2D eigenvalue weighted by atomic mass is 32.2. The first-order chi connectivity index (χ1) is 12.6. The van der Waals surface area contributed by atoms with Gasteiger partial charge in [0.2, 0.25) is 15.8 Å². The highest BCUT2D eigenvalue weighted by Gasteiger charge is 2.30. The summed E-state index contributed by atoms with van der Waals surface area (Å²) in [5, 5.41) is 0. The Morgan fingerprint density at radius 1 is 0.963 bits per heavy atom. The monoisotopic (exact) mass is 405 g/mol. The number of hydrogen-bond donors (Lipinski definition) is 1. The Balaban J connectivity index is 2.37. The minimum Gasteiger partial charge on any atom is -0.211 e. The van der Waals surface area contributed by atoms with Gasteiger partial charge in [0.1, 0.15) is 0 Å². The summed E-state index contributed by atoms with van der Waals surface area (Å²) in [6.07, 6.45) is 0.984. The Morgan fingerprint density at radius 2 is 1.44 bits per heavy atom. The highest BCUT2D eigenvalue weighted by molar-refractivity contribution is 7.89. The van der Waals surface area contributed by atoms with Crippen LogP contribution in [0.1, 0.15) is 23.5 Å². The van der Waals surface area contributed by atoms with Crippen LogP contribution in [-0.2, 0) is 10.0 Å². The zero-order valence-electron chi connectivity index (χ0n) is 14.2. The molecule has 0 amide bonds. The van der Waals surface area contributed by atoms with Crippen LogP contribution in [0.2, 0.25) is 0 Å². The van der Waals surface area contributed by atoms with Gasteiger partial charge in [-0.25, -0.2) is 35.1 Å². The summed E-state index contributed by atoms with van der Waals surface area (Å²) < 4.78 is 94.9. The van der Waals surface area contributed by atoms with E-state index in [0.29, 0.717) is 0 Å². The fraction of sp³-hybridized carbons (Fsp3) is 0.222. The van der Waals surface area contributed by atoms with Gasteiger partial charge in [-0.3, -0.25) is 0 Å². The van der Waals surface area contributed by atoms with Crippen LogP contribution in [0.4, 0.5) is 22.0 Å². The summed E-state index contributed by atoms with van der Waals surface area (Å²) in [5.41, 5.74) is -0.266. The van der Waals surface area contributed by atoms with E-state index in [9.17, 15) is 30.4 Å². The smallest absolute Gasteiger partial charge is 0.211 e. The summed E-state index contributed by atoms with van der Waals surface area (Å²) in [6.45, 7) is 4.55. The van der Waals surface area contributed by atoms with Crippen molar-refractivity contribution in [2.24, 2.45) is 0 Å². The molecule has 2 rings (SSSR count). The Morgan fingerprint density at radius 3 is 1.93 bits per heavy atom. The second-order valence-electron chi connectivity index (χ2n) is 5.87. The quantitative estimate of drug-likeness (QED) is 0.323. The van der Waals surface area contributed by atoms with Crippen LogP contribution in [0.25, 0.3) is 0 Å². The molecule has 0 heterocycles. The third-order valence-corrected chi connectivity index (χ3v) is 5.39. The van der Waals surface area contributed by atoms with Crippen LogP contribution in [0.3, 0.4) is 0 Å². The SMILES string of the molecule is C=CC[C@H](CNS(=O)(=O)c1ccc(C)cc1)c1c(F)c(F)c(F)c(F)c1F. The van der Waals surface area contributed by atoms with Gasteiger partial charge in [-0.2, -0.15) is 0 Å². The van der Waals surface area contributed by atoms with Crippen molar-refractivity contribution in [1.82, 2.24) is 4.72 Å². The second kappa shape index (κ2) is 8.18. The molecule has 0 radical (unpaired) electrons. The molecule has 0 aliphatic rings. The van der Waals surface area contributed by atoms with Crippen molar-refractivity contribution in [2.75, 3.05) is 6.54 Å². The third-order valence-electron chi connectivity index (χ3n) is 3.95. The van der Waals surface area contributed by atoms with E-state index in [1.807, 2.05) is 0 Å². The fourth-order valence-electron chi connectivity index (χ4n) is 2.50. The average molecular weight is 405 g/mol. The van der Waals surface area contributed by atoms with Gasteiger partial charge < -0.3 is 0 Å². The van der Waals surface area contributed by atoms with Gasteiger partial charge in [0.15, 0.2) is 23.3 Å². The Labute approximate surface area is 153 Å². The van der Waals surface area contributed by atoms with E-state index < -0.39 is 57.1 Å². The average Bonchev–Trinajstić information content (AvgIpc) is 2.63. The zero-order valence-corrected chi connectivity index (χ0v) is 15.0. The number of rotatable bonds is 7. The van der Waals surface area contributed by atoms with Gasteiger partial charge in [0, 0.05) is 18.0 Å². The molecule has 146 valence electrons. The maximum Gasteiger partial charge on any atom is 0.240 e. The zero-order chi connectivity index (χ0) is 20.4. The summed E-state index contributed by atoms with van der Waals surface area (Å²) in [5.74, 6) is -11.8. The molecule has 1 atom stereocenters. The lowest BCUT2D eigenvalue weighted by Gasteiger charge is -2.19. The van der Waals surface area contributed by atoms with Gasteiger partial charge in [-0.05, 0) is 25.5 Å². The molecule has 0 saturated heterocycles. The van der Waals surface area contributed by atoms with Crippen molar-refractivity contribution < 1.29 is 30.4 Å². The molecule has 2 aromatic carbocycles. The van der Waals surface area contributed by atoms with Gasteiger partial charge in [0.05, 0.1) is 4.90 Å². The maximum atomic E-state index is 14.0. The third kappa shape index (κ3) is 4.36. The molecule has 0 aliphatic carbocycles. The number of halogens is 5. The minimum absolute atomic E-state index is 0.0946. The van der Waals surface area contributed by atoms with E-state index in [4.69, 9.17) is 0 Å². The first-order valence-corrected chi connectivity index (χ1v) is 9.27. The standard InChI is InChI=1S/C18H16F5NO2S/c1-3-4-11(13-14(19)16(21)18(23)17(22)15(13)20)9-24-27(25,26)12-7-5-10(2)6-8-12/h3,5-8,11,24H,1,4,9H2,2H3/t11-/m1/s1. The molecular formula is C18H16F5NO2S. The topological polar surface area (TPSA) is 46.2 Å². The van der Waals surface area contributed by atoms with Gasteiger partial charge in [-0.15, -0.1) is 6.58 Å². The molecular weight excluding hydrogens is 389 g/mol. The van der Waals surface area contributed by atoms with Crippen molar-refractivity contribution in [1.29, 1.82) is 0 Å². The van der Waals surface area contributed by atoms with Crippen molar-refractivity contribution in [3.05, 3.63) is 77.1 Å². The van der Waals surface area contributed by atoms with Gasteiger partial charge in [0.25, 0.3) is 0 Å². The van der Waals surface area contributed by atoms with E-state index in [1.165, 1.54) is 18.2 Å². The molecule has 1 N–H and O–H groups in total. The first kappa shape index (κ1) is 21.0. The number of nitrogens with one attached hydrogen (secondary N) is 1. The number of benzene rings is 2. The number of allylic oxidation sites excluding steroid dienone is 1. The fourth-order valence-corrected chi connectivity index (χ4v) is 3.58. The van der Waals surface area contributed by atoms with E-state index in [0.717, 1.165) is 5.56 Å². The van der Waals surface area contributed by atoms with E-state index in [2.05, 4.69) is 11.3 Å². The summed E-state index contributed by atoms with van der Waals surface area (Å²) in [6, 6.07) is 5.77. The Hall–Kier alpha value is -2.26. The molecule has 0 unspecified atom stereocenters.